The van der Waals surface area contributed by atoms with E-state index in [1.807, 2.05) is 54.6 Å². The van der Waals surface area contributed by atoms with Gasteiger partial charge >= 0.3 is 0 Å². The Kier molecular flexibility index (Phi) is 5.18. The second-order valence-electron chi connectivity index (χ2n) is 6.16. The van der Waals surface area contributed by atoms with Gasteiger partial charge < -0.3 is 0 Å². The number of aromatic nitrogens is 2. The van der Waals surface area contributed by atoms with Crippen LogP contribution in [0.2, 0.25) is 0 Å². The Balaban J connectivity index is 1.79. The van der Waals surface area contributed by atoms with Crippen LogP contribution in [0.3, 0.4) is 0 Å². The van der Waals surface area contributed by atoms with Crippen molar-refractivity contribution in [3.63, 3.8) is 0 Å². The molecule has 4 rings (SSSR count). The largest absolute Gasteiger partial charge is 0.278 e. The summed E-state index contributed by atoms with van der Waals surface area (Å²) in [5.74, 6) is -0.0681. The molecule has 27 heavy (non-hydrogen) atoms. The van der Waals surface area contributed by atoms with Crippen molar-refractivity contribution < 1.29 is 4.79 Å². The average molecular weight is 485 g/mol. The van der Waals surface area contributed by atoms with Gasteiger partial charge in [0.2, 0.25) is 0 Å². The van der Waals surface area contributed by atoms with Crippen LogP contribution in [0.25, 0.3) is 10.2 Å². The smallest absolute Gasteiger partial charge is 0.261 e. The number of anilines is 1. The molecule has 2 aromatic carbocycles. The molecule has 0 saturated carbocycles. The van der Waals surface area contributed by atoms with Crippen LogP contribution in [0.15, 0.2) is 66.9 Å². The molecule has 0 saturated heterocycles. The first-order valence-corrected chi connectivity index (χ1v) is 10.3. The van der Waals surface area contributed by atoms with Gasteiger partial charge in [0.1, 0.15) is 0 Å². The standard InChI is InChI=1S/C21H16IN3OS/c1-14-9-10-18-19(12-14)27-21(24-18)25(13-15-6-4-5-11-23-15)20(26)16-7-2-3-8-17(16)22/h2-12H,13H2,1H3. The molecule has 134 valence electrons. The second kappa shape index (κ2) is 7.74. The Morgan fingerprint density at radius 3 is 2.70 bits per heavy atom. The highest BCUT2D eigenvalue weighted by atomic mass is 127. The molecule has 0 bridgehead atoms. The van der Waals surface area contributed by atoms with Crippen molar-refractivity contribution in [2.24, 2.45) is 0 Å². The molecule has 0 fully saturated rings. The zero-order valence-corrected chi connectivity index (χ0v) is 17.6. The number of hydrogen-bond acceptors (Lipinski definition) is 4. The minimum atomic E-state index is -0.0681. The fourth-order valence-corrected chi connectivity index (χ4v) is 4.47. The third kappa shape index (κ3) is 3.86. The van der Waals surface area contributed by atoms with Gasteiger partial charge in [0, 0.05) is 9.77 Å². The first-order valence-electron chi connectivity index (χ1n) is 8.45. The third-order valence-electron chi connectivity index (χ3n) is 4.16. The summed E-state index contributed by atoms with van der Waals surface area (Å²) in [5.41, 5.74) is 3.58. The zero-order chi connectivity index (χ0) is 18.8. The van der Waals surface area contributed by atoms with Crippen molar-refractivity contribution in [1.82, 2.24) is 9.97 Å². The van der Waals surface area contributed by atoms with Gasteiger partial charge in [-0.2, -0.15) is 0 Å². The van der Waals surface area contributed by atoms with Crippen LogP contribution in [0.4, 0.5) is 5.13 Å². The summed E-state index contributed by atoms with van der Waals surface area (Å²) in [5, 5.41) is 0.686. The van der Waals surface area contributed by atoms with Gasteiger partial charge in [0.05, 0.1) is 28.0 Å². The van der Waals surface area contributed by atoms with Crippen molar-refractivity contribution in [3.8, 4) is 0 Å². The highest BCUT2D eigenvalue weighted by Gasteiger charge is 2.23. The molecule has 1 amide bonds. The lowest BCUT2D eigenvalue weighted by Crippen LogP contribution is -2.31. The molecule has 0 aliphatic heterocycles. The minimum Gasteiger partial charge on any atom is -0.278 e. The van der Waals surface area contributed by atoms with Gasteiger partial charge in [-0.1, -0.05) is 35.6 Å². The number of carbonyl (C=O) groups is 1. The van der Waals surface area contributed by atoms with E-state index in [2.05, 4.69) is 40.6 Å². The lowest BCUT2D eigenvalue weighted by atomic mass is 10.2. The van der Waals surface area contributed by atoms with Crippen LogP contribution >= 0.6 is 33.9 Å². The van der Waals surface area contributed by atoms with Crippen LogP contribution in [0, 0.1) is 10.5 Å². The molecule has 6 heteroatoms. The number of carbonyl (C=O) groups excluding carboxylic acids is 1. The molecule has 0 N–H and O–H groups in total. The summed E-state index contributed by atoms with van der Waals surface area (Å²) in [6.45, 7) is 2.44. The molecule has 2 heterocycles. The number of rotatable bonds is 4. The van der Waals surface area contributed by atoms with Crippen LogP contribution in [-0.2, 0) is 6.54 Å². The van der Waals surface area contributed by atoms with Crippen LogP contribution in [-0.4, -0.2) is 15.9 Å². The first kappa shape index (κ1) is 18.1. The molecule has 0 atom stereocenters. The topological polar surface area (TPSA) is 46.1 Å². The Bertz CT molecular complexity index is 1110. The van der Waals surface area contributed by atoms with Gasteiger partial charge in [0.15, 0.2) is 5.13 Å². The van der Waals surface area contributed by atoms with E-state index in [0.29, 0.717) is 17.2 Å². The fourth-order valence-electron chi connectivity index (χ4n) is 2.80. The SMILES string of the molecule is Cc1ccc2nc(N(Cc3ccccn3)C(=O)c3ccccc3I)sc2c1. The molecule has 0 aliphatic carbocycles. The number of aryl methyl sites for hydroxylation is 1. The van der Waals surface area contributed by atoms with Crippen LogP contribution < -0.4 is 4.90 Å². The van der Waals surface area contributed by atoms with E-state index in [9.17, 15) is 4.79 Å². The molecule has 4 nitrogen and oxygen atoms in total. The molecule has 0 aliphatic rings. The molecular formula is C21H16IN3OS. The molecule has 0 spiro atoms. The van der Waals surface area contributed by atoms with Gasteiger partial charge in [-0.15, -0.1) is 0 Å². The molecule has 0 unspecified atom stereocenters. The van der Waals surface area contributed by atoms with Crippen LogP contribution in [0.5, 0.6) is 0 Å². The van der Waals surface area contributed by atoms with E-state index >= 15 is 0 Å². The first-order chi connectivity index (χ1) is 13.1. The maximum absolute atomic E-state index is 13.4. The van der Waals surface area contributed by atoms with Gasteiger partial charge in [-0.05, 0) is 71.5 Å². The van der Waals surface area contributed by atoms with E-state index in [-0.39, 0.29) is 5.91 Å². The number of nitrogens with zero attached hydrogens (tertiary/aromatic N) is 3. The van der Waals surface area contributed by atoms with Gasteiger partial charge in [-0.3, -0.25) is 14.7 Å². The predicted molar refractivity (Wildman–Crippen MR) is 118 cm³/mol. The Morgan fingerprint density at radius 1 is 1.11 bits per heavy atom. The van der Waals surface area contributed by atoms with E-state index < -0.39 is 0 Å². The van der Waals surface area contributed by atoms with E-state index in [1.165, 1.54) is 16.9 Å². The van der Waals surface area contributed by atoms with E-state index in [4.69, 9.17) is 4.98 Å². The van der Waals surface area contributed by atoms with Gasteiger partial charge in [-0.25, -0.2) is 4.98 Å². The van der Waals surface area contributed by atoms with E-state index in [0.717, 1.165) is 19.5 Å². The fraction of sp³-hybridized carbons (Fsp3) is 0.0952. The number of pyridine rings is 1. The number of halogens is 1. The molecule has 4 aromatic rings. The van der Waals surface area contributed by atoms with Crippen molar-refractivity contribution in [2.75, 3.05) is 4.90 Å². The number of hydrogen-bond donors (Lipinski definition) is 0. The lowest BCUT2D eigenvalue weighted by Gasteiger charge is -2.20. The van der Waals surface area contributed by atoms with Crippen molar-refractivity contribution in [3.05, 3.63) is 87.3 Å². The molecule has 2 aromatic heterocycles. The highest BCUT2D eigenvalue weighted by molar-refractivity contribution is 14.1. The molecule has 0 radical (unpaired) electrons. The summed E-state index contributed by atoms with van der Waals surface area (Å²) >= 11 is 3.73. The average Bonchev–Trinajstić information content (AvgIpc) is 3.09. The maximum atomic E-state index is 13.4. The zero-order valence-electron chi connectivity index (χ0n) is 14.6. The lowest BCUT2D eigenvalue weighted by molar-refractivity contribution is 0.0984. The highest BCUT2D eigenvalue weighted by Crippen LogP contribution is 2.31. The number of thiazole rings is 1. The van der Waals surface area contributed by atoms with Crippen LogP contribution in [0.1, 0.15) is 21.6 Å². The maximum Gasteiger partial charge on any atom is 0.261 e. The Labute approximate surface area is 175 Å². The summed E-state index contributed by atoms with van der Waals surface area (Å²) < 4.78 is 2.00. The van der Waals surface area contributed by atoms with Crippen molar-refractivity contribution in [1.29, 1.82) is 0 Å². The van der Waals surface area contributed by atoms with Crippen molar-refractivity contribution >= 4 is 55.2 Å². The number of amides is 1. The minimum absolute atomic E-state index is 0.0681. The quantitative estimate of drug-likeness (QED) is 0.361. The predicted octanol–water partition coefficient (Wildman–Crippen LogP) is 5.45. The third-order valence-corrected chi connectivity index (χ3v) is 6.14. The number of benzene rings is 2. The van der Waals surface area contributed by atoms with E-state index in [1.54, 1.807) is 11.1 Å². The monoisotopic (exact) mass is 485 g/mol. The summed E-state index contributed by atoms with van der Waals surface area (Å²) in [7, 11) is 0. The normalized spacial score (nSPS) is 10.9. The molecular weight excluding hydrogens is 469 g/mol. The summed E-state index contributed by atoms with van der Waals surface area (Å²) in [6.07, 6.45) is 1.74. The second-order valence-corrected chi connectivity index (χ2v) is 8.33. The van der Waals surface area contributed by atoms with Crippen molar-refractivity contribution in [2.45, 2.75) is 13.5 Å². The summed E-state index contributed by atoms with van der Waals surface area (Å²) in [4.78, 5) is 24.2. The Morgan fingerprint density at radius 2 is 1.93 bits per heavy atom. The number of fused-ring (bicyclic) bond motifs is 1. The Hall–Kier alpha value is -2.32. The summed E-state index contributed by atoms with van der Waals surface area (Å²) in [6, 6.07) is 19.5. The van der Waals surface area contributed by atoms with Gasteiger partial charge in [0.25, 0.3) is 5.91 Å².